The van der Waals surface area contributed by atoms with Crippen LogP contribution in [0.15, 0.2) is 60.7 Å². The Morgan fingerprint density at radius 2 is 0.680 bits per heavy atom. The van der Waals surface area contributed by atoms with Crippen molar-refractivity contribution in [3.05, 3.63) is 69.5 Å². The average molecular weight is 921 g/mol. The van der Waals surface area contributed by atoms with E-state index in [2.05, 4.69) is 74.5 Å². The van der Waals surface area contributed by atoms with E-state index in [9.17, 15) is 0 Å². The molecule has 260 valence electrons. The minimum atomic E-state index is 0.409. The zero-order chi connectivity index (χ0) is 33.9. The van der Waals surface area contributed by atoms with Gasteiger partial charge in [0.2, 0.25) is 0 Å². The molecule has 4 heterocycles. The summed E-state index contributed by atoms with van der Waals surface area (Å²) in [7, 11) is 0. The van der Waals surface area contributed by atoms with E-state index in [1.165, 1.54) is 148 Å². The number of aryl methyl sites for hydroxylation is 2. The van der Waals surface area contributed by atoms with E-state index < -0.39 is 0 Å². The Balaban J connectivity index is 0.991. The Kier molecular flexibility index (Phi) is 12.0. The third-order valence-electron chi connectivity index (χ3n) is 10.9. The number of rotatable bonds is 18. The number of hydrogen-bond donors (Lipinski definition) is 0. The fourth-order valence-corrected chi connectivity index (χ4v) is 19.2. The van der Waals surface area contributed by atoms with Crippen molar-refractivity contribution < 1.29 is 0 Å². The standard InChI is InChI=1S/C46H52Se4/c1-3-5-7-9-11-13-15-17-19-37-23-35-21-31-25-39-43(29-33(31)27-41(35)47-37)49-46-40-26-32-22-36-24-38(20-18-16-14-12-10-8-6-4-2)48-42(36)28-34(32)30-44(40)50-45(39)46/h21-30H,3-20H2,1-2H3. The van der Waals surface area contributed by atoms with E-state index in [1.54, 1.807) is 45.2 Å². The third-order valence-corrected chi connectivity index (χ3v) is 21.4. The molecule has 0 fully saturated rings. The molecule has 0 saturated heterocycles. The predicted molar refractivity (Wildman–Crippen MR) is 229 cm³/mol. The van der Waals surface area contributed by atoms with E-state index >= 15 is 0 Å². The second-order valence-corrected chi connectivity index (χ2v) is 24.2. The number of unbranched alkanes of at least 4 members (excludes halogenated alkanes) is 14. The molecule has 0 aliphatic heterocycles. The Bertz CT molecular complexity index is 2210. The first-order valence-corrected chi connectivity index (χ1v) is 26.6. The second-order valence-electron chi connectivity index (χ2n) is 14.9. The summed E-state index contributed by atoms with van der Waals surface area (Å²) in [5, 5.41) is 12.1. The first-order chi connectivity index (χ1) is 24.7. The summed E-state index contributed by atoms with van der Waals surface area (Å²) < 4.78 is 13.3. The molecule has 8 rings (SSSR count). The molecule has 4 heteroatoms. The molecule has 0 unspecified atom stereocenters. The van der Waals surface area contributed by atoms with E-state index in [1.807, 2.05) is 0 Å². The summed E-state index contributed by atoms with van der Waals surface area (Å²) in [6, 6.07) is 25.6. The van der Waals surface area contributed by atoms with Crippen LogP contribution in [0.2, 0.25) is 0 Å². The molecule has 0 aliphatic rings. The molecule has 50 heavy (non-hydrogen) atoms. The van der Waals surface area contributed by atoms with Crippen LogP contribution < -0.4 is 0 Å². The summed E-state index contributed by atoms with van der Waals surface area (Å²) in [6.07, 6.45) is 25.2. The molecule has 0 spiro atoms. The van der Waals surface area contributed by atoms with Crippen molar-refractivity contribution in [3.63, 3.8) is 0 Å². The van der Waals surface area contributed by atoms with Crippen LogP contribution in [0.3, 0.4) is 0 Å². The van der Waals surface area contributed by atoms with Gasteiger partial charge in [0.25, 0.3) is 0 Å². The van der Waals surface area contributed by atoms with E-state index in [-0.39, 0.29) is 0 Å². The maximum absolute atomic E-state index is 2.58. The molecule has 0 bridgehead atoms. The van der Waals surface area contributed by atoms with Gasteiger partial charge in [0.05, 0.1) is 0 Å². The molecule has 0 amide bonds. The van der Waals surface area contributed by atoms with Crippen molar-refractivity contribution >= 4 is 127 Å². The Labute approximate surface area is 323 Å². The van der Waals surface area contributed by atoms with Crippen LogP contribution in [0.5, 0.6) is 0 Å². The molecule has 0 atom stereocenters. The molecule has 0 nitrogen and oxygen atoms in total. The average Bonchev–Trinajstić information content (AvgIpc) is 3.88. The van der Waals surface area contributed by atoms with Crippen molar-refractivity contribution in [3.8, 4) is 0 Å². The van der Waals surface area contributed by atoms with Crippen LogP contribution in [0, 0.1) is 0 Å². The van der Waals surface area contributed by atoms with Gasteiger partial charge in [-0.3, -0.25) is 0 Å². The summed E-state index contributed by atoms with van der Waals surface area (Å²) in [5.41, 5.74) is 0. The second kappa shape index (κ2) is 16.8. The van der Waals surface area contributed by atoms with Gasteiger partial charge < -0.3 is 0 Å². The summed E-state index contributed by atoms with van der Waals surface area (Å²) >= 11 is 1.85. The summed E-state index contributed by atoms with van der Waals surface area (Å²) in [5.74, 6) is 0. The van der Waals surface area contributed by atoms with Crippen LogP contribution >= 0.6 is 0 Å². The van der Waals surface area contributed by atoms with E-state index in [0.717, 1.165) is 0 Å². The molecule has 0 aliphatic carbocycles. The van der Waals surface area contributed by atoms with Gasteiger partial charge in [-0.1, -0.05) is 0 Å². The predicted octanol–water partition coefficient (Wildman–Crippen LogP) is 13.4. The van der Waals surface area contributed by atoms with E-state index in [4.69, 9.17) is 0 Å². The summed E-state index contributed by atoms with van der Waals surface area (Å²) in [4.78, 5) is 0. The Morgan fingerprint density at radius 3 is 1.10 bits per heavy atom. The number of benzene rings is 4. The first-order valence-electron chi connectivity index (χ1n) is 19.8. The van der Waals surface area contributed by atoms with Crippen molar-refractivity contribution in [2.45, 2.75) is 129 Å². The molecule has 4 aromatic carbocycles. The molecule has 4 aromatic heterocycles. The van der Waals surface area contributed by atoms with Gasteiger partial charge in [0.1, 0.15) is 0 Å². The molecular formula is C46H52Se4. The molecule has 8 aromatic rings. The van der Waals surface area contributed by atoms with Crippen molar-refractivity contribution in [2.75, 3.05) is 0 Å². The van der Waals surface area contributed by atoms with Crippen LogP contribution in [0.4, 0.5) is 0 Å². The van der Waals surface area contributed by atoms with Gasteiger partial charge in [-0.2, -0.15) is 0 Å². The number of hydrogen-bond acceptors (Lipinski definition) is 0. The van der Waals surface area contributed by atoms with Crippen LogP contribution in [0.25, 0.3) is 68.7 Å². The van der Waals surface area contributed by atoms with Crippen LogP contribution in [-0.4, -0.2) is 58.0 Å². The Hall–Kier alpha value is -1.30. The van der Waals surface area contributed by atoms with E-state index in [0.29, 0.717) is 58.0 Å². The van der Waals surface area contributed by atoms with Gasteiger partial charge >= 0.3 is 326 Å². The molecular weight excluding hydrogens is 868 g/mol. The van der Waals surface area contributed by atoms with Crippen molar-refractivity contribution in [1.82, 2.24) is 0 Å². The first kappa shape index (κ1) is 35.7. The zero-order valence-electron chi connectivity index (χ0n) is 30.1. The summed E-state index contributed by atoms with van der Waals surface area (Å²) in [6.45, 7) is 4.62. The van der Waals surface area contributed by atoms with Gasteiger partial charge in [-0.25, -0.2) is 0 Å². The van der Waals surface area contributed by atoms with Crippen molar-refractivity contribution in [2.24, 2.45) is 0 Å². The van der Waals surface area contributed by atoms with Crippen LogP contribution in [-0.2, 0) is 12.8 Å². The van der Waals surface area contributed by atoms with Gasteiger partial charge in [-0.15, -0.1) is 0 Å². The fourth-order valence-electron chi connectivity index (χ4n) is 8.05. The fraction of sp³-hybridized carbons (Fsp3) is 0.435. The third kappa shape index (κ3) is 7.96. The topological polar surface area (TPSA) is 0 Å². The normalized spacial score (nSPS) is 12.4. The zero-order valence-corrected chi connectivity index (χ0v) is 37.0. The molecule has 0 saturated carbocycles. The van der Waals surface area contributed by atoms with Crippen molar-refractivity contribution in [1.29, 1.82) is 0 Å². The van der Waals surface area contributed by atoms with Crippen LogP contribution in [0.1, 0.15) is 125 Å². The quantitative estimate of drug-likeness (QED) is 0.0594. The maximum atomic E-state index is 2.58. The minimum absolute atomic E-state index is 0.409. The monoisotopic (exact) mass is 924 g/mol. The Morgan fingerprint density at radius 1 is 0.320 bits per heavy atom. The SMILES string of the molecule is CCCCCCCCCCc1cc2cc3cc4c(cc3cc2[se]1)[se]c1c2cc3cc5cc(CCCCCCCCCC)[se]c5cc3cc2[se]c41. The number of fused-ring (bicyclic) bond motifs is 9. The molecule has 0 N–H and O–H groups in total. The van der Waals surface area contributed by atoms with Gasteiger partial charge in [0, 0.05) is 0 Å². The molecule has 0 radical (unpaired) electrons. The van der Waals surface area contributed by atoms with Gasteiger partial charge in [0.15, 0.2) is 0 Å². The van der Waals surface area contributed by atoms with Gasteiger partial charge in [-0.05, 0) is 0 Å².